The standard InChI is InChI=1S/C6H6BrNO/c1-9-5-2-3-6(7)8-4-5/h2-4H,1H3/i1D3. The van der Waals surface area contributed by atoms with Crippen LogP contribution in [0, 0.1) is 0 Å². The third-order valence-corrected chi connectivity index (χ3v) is 1.29. The van der Waals surface area contributed by atoms with E-state index in [-0.39, 0.29) is 5.75 Å². The van der Waals surface area contributed by atoms with Gasteiger partial charge < -0.3 is 4.74 Å². The summed E-state index contributed by atoms with van der Waals surface area (Å²) in [5.74, 6) is 0.234. The van der Waals surface area contributed by atoms with E-state index in [1.165, 1.54) is 12.3 Å². The van der Waals surface area contributed by atoms with Crippen LogP contribution in [0.3, 0.4) is 0 Å². The molecule has 0 amide bonds. The number of halogens is 1. The fourth-order valence-electron chi connectivity index (χ4n) is 0.423. The highest BCUT2D eigenvalue weighted by Gasteiger charge is 1.88. The lowest BCUT2D eigenvalue weighted by atomic mass is 10.5. The Hall–Kier alpha value is -0.570. The predicted octanol–water partition coefficient (Wildman–Crippen LogP) is 1.85. The summed E-state index contributed by atoms with van der Waals surface area (Å²) in [6, 6.07) is 3.14. The van der Waals surface area contributed by atoms with Gasteiger partial charge >= 0.3 is 0 Å². The molecular formula is C6H6BrNO. The van der Waals surface area contributed by atoms with Crippen LogP contribution < -0.4 is 4.74 Å². The highest BCUT2D eigenvalue weighted by atomic mass is 79.9. The molecule has 0 aliphatic carbocycles. The lowest BCUT2D eigenvalue weighted by molar-refractivity contribution is 0.412. The van der Waals surface area contributed by atoms with E-state index in [0.29, 0.717) is 4.60 Å². The van der Waals surface area contributed by atoms with Crippen molar-refractivity contribution < 1.29 is 8.85 Å². The van der Waals surface area contributed by atoms with Gasteiger partial charge in [-0.2, -0.15) is 0 Å². The second-order valence-electron chi connectivity index (χ2n) is 1.42. The summed E-state index contributed by atoms with van der Waals surface area (Å²) >= 11 is 3.12. The third kappa shape index (κ3) is 1.68. The first kappa shape index (κ1) is 3.56. The van der Waals surface area contributed by atoms with Crippen molar-refractivity contribution >= 4 is 15.9 Å². The number of aromatic nitrogens is 1. The fourth-order valence-corrected chi connectivity index (χ4v) is 0.657. The number of methoxy groups -OCH3 is 1. The molecule has 0 radical (unpaired) electrons. The molecule has 0 unspecified atom stereocenters. The molecule has 0 aliphatic heterocycles. The highest BCUT2D eigenvalue weighted by Crippen LogP contribution is 2.11. The van der Waals surface area contributed by atoms with Gasteiger partial charge in [0.25, 0.3) is 0 Å². The molecule has 0 bridgehead atoms. The Balaban J connectivity index is 2.71. The van der Waals surface area contributed by atoms with Crippen molar-refractivity contribution in [2.45, 2.75) is 0 Å². The maximum absolute atomic E-state index is 6.79. The van der Waals surface area contributed by atoms with Crippen LogP contribution in [-0.2, 0) is 0 Å². The summed E-state index contributed by atoms with van der Waals surface area (Å²) in [4.78, 5) is 3.80. The molecule has 3 heteroatoms. The van der Waals surface area contributed by atoms with Gasteiger partial charge in [0.05, 0.1) is 17.3 Å². The number of hydrogen-bond acceptors (Lipinski definition) is 2. The van der Waals surface area contributed by atoms with E-state index in [2.05, 4.69) is 25.7 Å². The number of hydrogen-bond donors (Lipinski definition) is 0. The van der Waals surface area contributed by atoms with Gasteiger partial charge in [-0.25, -0.2) is 4.98 Å². The molecule has 0 atom stereocenters. The van der Waals surface area contributed by atoms with E-state index in [4.69, 9.17) is 4.11 Å². The maximum Gasteiger partial charge on any atom is 0.137 e. The summed E-state index contributed by atoms with van der Waals surface area (Å²) in [6.07, 6.45) is 1.34. The SMILES string of the molecule is [2H]C([2H])([2H])Oc1ccc(Br)nc1. The minimum Gasteiger partial charge on any atom is -0.495 e. The average Bonchev–Trinajstić information content (AvgIpc) is 1.91. The molecular weight excluding hydrogens is 182 g/mol. The maximum atomic E-state index is 6.79. The number of pyridine rings is 1. The lowest BCUT2D eigenvalue weighted by Gasteiger charge is -1.95. The van der Waals surface area contributed by atoms with Crippen LogP contribution in [0.1, 0.15) is 4.11 Å². The fraction of sp³-hybridized carbons (Fsp3) is 0.167. The summed E-state index contributed by atoms with van der Waals surface area (Å²) in [7, 11) is -2.41. The average molecular weight is 191 g/mol. The van der Waals surface area contributed by atoms with Crippen molar-refractivity contribution in [1.29, 1.82) is 0 Å². The van der Waals surface area contributed by atoms with E-state index < -0.39 is 7.04 Å². The molecule has 2 nitrogen and oxygen atoms in total. The van der Waals surface area contributed by atoms with Crippen molar-refractivity contribution in [3.8, 4) is 5.75 Å². The molecule has 0 spiro atoms. The summed E-state index contributed by atoms with van der Waals surface area (Å²) in [5, 5.41) is 0. The van der Waals surface area contributed by atoms with E-state index in [0.717, 1.165) is 0 Å². The predicted molar refractivity (Wildman–Crippen MR) is 38.5 cm³/mol. The Morgan fingerprint density at radius 1 is 1.78 bits per heavy atom. The molecule has 1 heterocycles. The van der Waals surface area contributed by atoms with Crippen molar-refractivity contribution in [3.05, 3.63) is 22.9 Å². The summed E-state index contributed by atoms with van der Waals surface area (Å²) in [5.41, 5.74) is 0. The molecule has 0 N–H and O–H groups in total. The van der Waals surface area contributed by atoms with Gasteiger partial charge in [-0.3, -0.25) is 0 Å². The molecule has 0 fully saturated rings. The van der Waals surface area contributed by atoms with Crippen LogP contribution in [0.25, 0.3) is 0 Å². The zero-order chi connectivity index (χ0) is 9.19. The minimum atomic E-state index is -2.41. The summed E-state index contributed by atoms with van der Waals surface area (Å²) in [6.45, 7) is 0. The normalized spacial score (nSPS) is 15.4. The Morgan fingerprint density at radius 3 is 3.22 bits per heavy atom. The topological polar surface area (TPSA) is 22.1 Å². The molecule has 1 aromatic heterocycles. The van der Waals surface area contributed by atoms with Crippen LogP contribution >= 0.6 is 15.9 Å². The Labute approximate surface area is 66.2 Å². The molecule has 1 aromatic rings. The molecule has 0 aromatic carbocycles. The van der Waals surface area contributed by atoms with Crippen molar-refractivity contribution in [2.24, 2.45) is 0 Å². The second kappa shape index (κ2) is 2.82. The first-order valence-corrected chi connectivity index (χ1v) is 3.07. The molecule has 9 heavy (non-hydrogen) atoms. The van der Waals surface area contributed by atoms with Gasteiger partial charge in [-0.15, -0.1) is 0 Å². The van der Waals surface area contributed by atoms with Crippen LogP contribution in [0.5, 0.6) is 5.75 Å². The monoisotopic (exact) mass is 190 g/mol. The van der Waals surface area contributed by atoms with Crippen LogP contribution in [0.15, 0.2) is 22.9 Å². The van der Waals surface area contributed by atoms with Gasteiger partial charge in [0.2, 0.25) is 0 Å². The summed E-state index contributed by atoms with van der Waals surface area (Å²) < 4.78 is 25.6. The van der Waals surface area contributed by atoms with E-state index >= 15 is 0 Å². The van der Waals surface area contributed by atoms with E-state index in [1.807, 2.05) is 0 Å². The zero-order valence-electron chi connectivity index (χ0n) is 7.47. The van der Waals surface area contributed by atoms with Gasteiger partial charge in [-0.05, 0) is 28.1 Å². The second-order valence-corrected chi connectivity index (χ2v) is 2.23. The Kier molecular flexibility index (Phi) is 1.12. The first-order valence-electron chi connectivity index (χ1n) is 3.78. The van der Waals surface area contributed by atoms with Crippen LogP contribution in [0.2, 0.25) is 0 Å². The largest absolute Gasteiger partial charge is 0.495 e. The lowest BCUT2D eigenvalue weighted by Crippen LogP contribution is -1.82. The van der Waals surface area contributed by atoms with Gasteiger partial charge in [0, 0.05) is 0 Å². The van der Waals surface area contributed by atoms with Crippen molar-refractivity contribution in [3.63, 3.8) is 0 Å². The quantitative estimate of drug-likeness (QED) is 0.632. The molecule has 0 aliphatic rings. The molecule has 0 saturated heterocycles. The van der Waals surface area contributed by atoms with Gasteiger partial charge in [0.15, 0.2) is 0 Å². The Morgan fingerprint density at radius 2 is 2.67 bits per heavy atom. The smallest absolute Gasteiger partial charge is 0.137 e. The molecule has 48 valence electrons. The number of rotatable bonds is 1. The number of ether oxygens (including phenoxy) is 1. The van der Waals surface area contributed by atoms with Crippen molar-refractivity contribution in [1.82, 2.24) is 4.98 Å². The highest BCUT2D eigenvalue weighted by molar-refractivity contribution is 9.10. The number of nitrogens with zero attached hydrogens (tertiary/aromatic N) is 1. The van der Waals surface area contributed by atoms with Gasteiger partial charge in [-0.1, -0.05) is 0 Å². The minimum absolute atomic E-state index is 0.234. The molecule has 1 rings (SSSR count). The van der Waals surface area contributed by atoms with Gasteiger partial charge in [0.1, 0.15) is 10.4 Å². The van der Waals surface area contributed by atoms with E-state index in [9.17, 15) is 0 Å². The zero-order valence-corrected chi connectivity index (χ0v) is 6.05. The van der Waals surface area contributed by atoms with Crippen molar-refractivity contribution in [2.75, 3.05) is 7.04 Å². The Bertz CT molecular complexity index is 258. The third-order valence-electron chi connectivity index (χ3n) is 0.818. The molecule has 0 saturated carbocycles. The van der Waals surface area contributed by atoms with Crippen LogP contribution in [0.4, 0.5) is 0 Å². The van der Waals surface area contributed by atoms with Crippen LogP contribution in [-0.4, -0.2) is 12.0 Å². The first-order chi connectivity index (χ1) is 5.47. The van der Waals surface area contributed by atoms with E-state index in [1.54, 1.807) is 6.07 Å².